The van der Waals surface area contributed by atoms with Gasteiger partial charge in [-0.25, -0.2) is 4.98 Å². The number of anilines is 2. The van der Waals surface area contributed by atoms with E-state index in [-0.39, 0.29) is 10.7 Å². The minimum absolute atomic E-state index is 0.0379. The first-order valence-corrected chi connectivity index (χ1v) is 9.21. The molecule has 2 aromatic rings. The molecule has 5 nitrogen and oxygen atoms in total. The van der Waals surface area contributed by atoms with E-state index in [2.05, 4.69) is 15.2 Å². The fourth-order valence-corrected chi connectivity index (χ4v) is 3.31. The maximum absolute atomic E-state index is 13.2. The lowest BCUT2D eigenvalue weighted by atomic mass is 10.1. The minimum Gasteiger partial charge on any atom is -0.354 e. The van der Waals surface area contributed by atoms with Crippen molar-refractivity contribution in [3.63, 3.8) is 0 Å². The molecular formula is C19H20ClF3N4O. The Morgan fingerprint density at radius 2 is 1.89 bits per heavy atom. The second-order valence-corrected chi connectivity index (χ2v) is 7.00. The number of benzene rings is 1. The van der Waals surface area contributed by atoms with Crippen molar-refractivity contribution in [3.05, 3.63) is 53.2 Å². The average molecular weight is 413 g/mol. The highest BCUT2D eigenvalue weighted by Crippen LogP contribution is 2.36. The van der Waals surface area contributed by atoms with Gasteiger partial charge in [0.05, 0.1) is 17.3 Å². The van der Waals surface area contributed by atoms with Crippen LogP contribution in [0, 0.1) is 0 Å². The molecule has 1 saturated heterocycles. The summed E-state index contributed by atoms with van der Waals surface area (Å²) in [5, 5.41) is 2.36. The smallest absolute Gasteiger partial charge is 0.354 e. The Hall–Kier alpha value is -2.32. The second-order valence-electron chi connectivity index (χ2n) is 6.56. The molecule has 0 radical (unpaired) electrons. The molecule has 0 aliphatic carbocycles. The highest BCUT2D eigenvalue weighted by molar-refractivity contribution is 6.30. The van der Waals surface area contributed by atoms with Gasteiger partial charge < -0.3 is 10.2 Å². The lowest BCUT2D eigenvalue weighted by Crippen LogP contribution is -2.53. The van der Waals surface area contributed by atoms with Crippen LogP contribution in [-0.2, 0) is 11.0 Å². The zero-order valence-corrected chi connectivity index (χ0v) is 16.0. The summed E-state index contributed by atoms with van der Waals surface area (Å²) in [4.78, 5) is 20.9. The Balaban J connectivity index is 1.63. The predicted octanol–water partition coefficient (Wildman–Crippen LogP) is 3.90. The summed E-state index contributed by atoms with van der Waals surface area (Å²) < 4.78 is 39.6. The molecule has 0 bridgehead atoms. The summed E-state index contributed by atoms with van der Waals surface area (Å²) in [7, 11) is 0. The van der Waals surface area contributed by atoms with E-state index >= 15 is 0 Å². The molecule has 1 atom stereocenters. The molecule has 3 rings (SSSR count). The van der Waals surface area contributed by atoms with Gasteiger partial charge in [-0.05, 0) is 37.3 Å². The Labute approximate surface area is 166 Å². The highest BCUT2D eigenvalue weighted by Gasteiger charge is 2.35. The van der Waals surface area contributed by atoms with Crippen molar-refractivity contribution in [1.29, 1.82) is 0 Å². The lowest BCUT2D eigenvalue weighted by molar-refractivity contribution is -0.137. The van der Waals surface area contributed by atoms with Gasteiger partial charge in [0.1, 0.15) is 5.82 Å². The van der Waals surface area contributed by atoms with Gasteiger partial charge in [-0.1, -0.05) is 17.7 Å². The first-order chi connectivity index (χ1) is 13.3. The molecule has 0 saturated carbocycles. The van der Waals surface area contributed by atoms with Gasteiger partial charge in [-0.15, -0.1) is 0 Å². The van der Waals surface area contributed by atoms with Gasteiger partial charge in [0.15, 0.2) is 0 Å². The predicted molar refractivity (Wildman–Crippen MR) is 103 cm³/mol. The topological polar surface area (TPSA) is 48.5 Å². The molecule has 28 heavy (non-hydrogen) atoms. The number of nitrogens with one attached hydrogen (secondary N) is 1. The number of hydrogen-bond donors (Lipinski definition) is 1. The van der Waals surface area contributed by atoms with Crippen molar-refractivity contribution < 1.29 is 18.0 Å². The van der Waals surface area contributed by atoms with Gasteiger partial charge in [0.2, 0.25) is 5.91 Å². The van der Waals surface area contributed by atoms with E-state index in [9.17, 15) is 18.0 Å². The quantitative estimate of drug-likeness (QED) is 0.827. The summed E-state index contributed by atoms with van der Waals surface area (Å²) in [6, 6.07) is 8.42. The van der Waals surface area contributed by atoms with Crippen LogP contribution in [0.1, 0.15) is 12.5 Å². The monoisotopic (exact) mass is 412 g/mol. The van der Waals surface area contributed by atoms with Crippen molar-refractivity contribution in [2.24, 2.45) is 0 Å². The molecule has 150 valence electrons. The van der Waals surface area contributed by atoms with Crippen LogP contribution >= 0.6 is 11.6 Å². The maximum atomic E-state index is 13.2. The number of amides is 1. The van der Waals surface area contributed by atoms with Crippen LogP contribution in [0.4, 0.5) is 24.7 Å². The average Bonchev–Trinajstić information content (AvgIpc) is 2.68. The Morgan fingerprint density at radius 3 is 2.50 bits per heavy atom. The molecule has 2 heterocycles. The van der Waals surface area contributed by atoms with Gasteiger partial charge in [0.25, 0.3) is 0 Å². The first-order valence-electron chi connectivity index (χ1n) is 8.83. The molecular weight excluding hydrogens is 393 g/mol. The van der Waals surface area contributed by atoms with E-state index in [0.717, 1.165) is 11.9 Å². The Bertz CT molecular complexity index is 824. The molecule has 1 N–H and O–H groups in total. The molecule has 1 aliphatic heterocycles. The third kappa shape index (κ3) is 4.74. The maximum Gasteiger partial charge on any atom is 0.418 e. The highest BCUT2D eigenvalue weighted by atomic mass is 35.5. The van der Waals surface area contributed by atoms with Crippen LogP contribution in [0.3, 0.4) is 0 Å². The third-order valence-electron chi connectivity index (χ3n) is 4.76. The van der Waals surface area contributed by atoms with Crippen LogP contribution in [0.2, 0.25) is 5.02 Å². The van der Waals surface area contributed by atoms with E-state index < -0.39 is 23.7 Å². The number of rotatable bonds is 4. The zero-order valence-electron chi connectivity index (χ0n) is 15.2. The van der Waals surface area contributed by atoms with Crippen molar-refractivity contribution >= 4 is 29.0 Å². The Morgan fingerprint density at radius 1 is 1.18 bits per heavy atom. The van der Waals surface area contributed by atoms with Crippen LogP contribution in [0.5, 0.6) is 0 Å². The van der Waals surface area contributed by atoms with E-state index in [4.69, 9.17) is 11.6 Å². The summed E-state index contributed by atoms with van der Waals surface area (Å²) in [6.45, 7) is 4.28. The van der Waals surface area contributed by atoms with E-state index in [0.29, 0.717) is 26.2 Å². The number of alkyl halides is 3. The molecule has 1 aromatic heterocycles. The second kappa shape index (κ2) is 8.36. The lowest BCUT2D eigenvalue weighted by Gasteiger charge is -2.38. The first kappa shape index (κ1) is 20.4. The van der Waals surface area contributed by atoms with Crippen molar-refractivity contribution in [2.75, 3.05) is 36.4 Å². The number of hydrogen-bond acceptors (Lipinski definition) is 4. The molecule has 1 amide bonds. The van der Waals surface area contributed by atoms with Gasteiger partial charge in [-0.2, -0.15) is 13.2 Å². The Kier molecular flexibility index (Phi) is 6.10. The number of aromatic nitrogens is 1. The van der Waals surface area contributed by atoms with Gasteiger partial charge in [0, 0.05) is 37.4 Å². The number of pyridine rings is 1. The summed E-state index contributed by atoms with van der Waals surface area (Å²) >= 11 is 5.68. The van der Waals surface area contributed by atoms with Gasteiger partial charge in [-0.3, -0.25) is 9.69 Å². The molecule has 0 spiro atoms. The summed E-state index contributed by atoms with van der Waals surface area (Å²) in [6.07, 6.45) is -2.88. The number of halogens is 4. The van der Waals surface area contributed by atoms with Crippen molar-refractivity contribution in [2.45, 2.75) is 19.1 Å². The fraction of sp³-hybridized carbons (Fsp3) is 0.368. The van der Waals surface area contributed by atoms with Crippen molar-refractivity contribution in [1.82, 2.24) is 9.88 Å². The van der Waals surface area contributed by atoms with Gasteiger partial charge >= 0.3 is 6.18 Å². The molecule has 1 aromatic carbocycles. The van der Waals surface area contributed by atoms with Crippen LogP contribution in [0.15, 0.2) is 42.6 Å². The molecule has 0 unspecified atom stereocenters. The zero-order chi connectivity index (χ0) is 20.3. The number of nitrogens with zero attached hydrogens (tertiary/aromatic N) is 3. The summed E-state index contributed by atoms with van der Waals surface area (Å²) in [5.74, 6) is 0.384. The largest absolute Gasteiger partial charge is 0.418 e. The SMILES string of the molecule is C[C@H](C(=O)Nc1ccc(Cl)cc1C(F)(F)F)N1CCN(c2ccccn2)CC1. The molecule has 1 aliphatic rings. The number of carbonyl (C=O) groups is 1. The minimum atomic E-state index is -4.61. The fourth-order valence-electron chi connectivity index (χ4n) is 3.14. The van der Waals surface area contributed by atoms with E-state index in [1.807, 2.05) is 23.1 Å². The van der Waals surface area contributed by atoms with E-state index in [1.165, 1.54) is 12.1 Å². The van der Waals surface area contributed by atoms with Crippen molar-refractivity contribution in [3.8, 4) is 0 Å². The van der Waals surface area contributed by atoms with Crippen LogP contribution in [0.25, 0.3) is 0 Å². The van der Waals surface area contributed by atoms with Crippen LogP contribution in [-0.4, -0.2) is 48.0 Å². The van der Waals surface area contributed by atoms with E-state index in [1.54, 1.807) is 13.1 Å². The number of piperazine rings is 1. The third-order valence-corrected chi connectivity index (χ3v) is 4.99. The van der Waals surface area contributed by atoms with Crippen LogP contribution < -0.4 is 10.2 Å². The molecule has 1 fully saturated rings. The normalized spacial score (nSPS) is 16.7. The molecule has 9 heteroatoms. The standard InChI is InChI=1S/C19H20ClF3N4O/c1-13(26-8-10-27(11-9-26)17-4-2-3-7-24-17)18(28)25-16-6-5-14(20)12-15(16)19(21,22)23/h2-7,12-13H,8-11H2,1H3,(H,25,28)/t13-/m1/s1. The number of carbonyl (C=O) groups excluding carboxylic acids is 1. The summed E-state index contributed by atoms with van der Waals surface area (Å²) in [5.41, 5.74) is -1.25.